The molecule has 28 heavy (non-hydrogen) atoms. The Kier molecular flexibility index (Phi) is 6.47. The van der Waals surface area contributed by atoms with E-state index >= 15 is 0 Å². The first-order valence-electron chi connectivity index (χ1n) is 10.2. The second-order valence-corrected chi connectivity index (χ2v) is 10.8. The van der Waals surface area contributed by atoms with Gasteiger partial charge in [-0.05, 0) is 42.6 Å². The fourth-order valence-electron chi connectivity index (χ4n) is 5.12. The van der Waals surface area contributed by atoms with Crippen molar-refractivity contribution in [3.8, 4) is 0 Å². The van der Waals surface area contributed by atoms with Crippen molar-refractivity contribution in [3.63, 3.8) is 0 Å². The van der Waals surface area contributed by atoms with Gasteiger partial charge in [-0.1, -0.05) is 44.2 Å². The summed E-state index contributed by atoms with van der Waals surface area (Å²) in [7, 11) is -3.54. The molecule has 1 aromatic rings. The topological polar surface area (TPSA) is 83.7 Å². The minimum atomic E-state index is -3.54. The van der Waals surface area contributed by atoms with Crippen LogP contribution in [0.15, 0.2) is 30.3 Å². The minimum Gasteiger partial charge on any atom is -0.368 e. The second-order valence-electron chi connectivity index (χ2n) is 8.89. The van der Waals surface area contributed by atoms with Crippen LogP contribution in [0.1, 0.15) is 38.7 Å². The van der Waals surface area contributed by atoms with E-state index in [0.717, 1.165) is 32.5 Å². The number of hydrogen-bond donors (Lipinski definition) is 1. The molecule has 7 heteroatoms. The summed E-state index contributed by atoms with van der Waals surface area (Å²) in [5.41, 5.74) is 6.93. The fraction of sp³-hybridized carbons (Fsp3) is 0.667. The molecule has 0 unspecified atom stereocenters. The van der Waals surface area contributed by atoms with Gasteiger partial charge in [-0.2, -0.15) is 4.31 Å². The van der Waals surface area contributed by atoms with E-state index in [0.29, 0.717) is 12.3 Å². The van der Waals surface area contributed by atoms with Gasteiger partial charge in [-0.15, -0.1) is 0 Å². The van der Waals surface area contributed by atoms with Crippen molar-refractivity contribution in [2.45, 2.75) is 51.7 Å². The van der Waals surface area contributed by atoms with E-state index in [1.54, 1.807) is 0 Å². The molecule has 4 atom stereocenters. The molecule has 0 radical (unpaired) electrons. The third-order valence-electron chi connectivity index (χ3n) is 6.18. The number of fused-ring (bicyclic) bond motifs is 1. The van der Waals surface area contributed by atoms with Crippen LogP contribution in [0.25, 0.3) is 0 Å². The van der Waals surface area contributed by atoms with E-state index in [1.807, 2.05) is 32.0 Å². The molecule has 156 valence electrons. The molecule has 0 bridgehead atoms. The monoisotopic (exact) mass is 407 g/mol. The van der Waals surface area contributed by atoms with E-state index in [9.17, 15) is 13.2 Å². The van der Waals surface area contributed by atoms with E-state index in [-0.39, 0.29) is 17.9 Å². The Balaban J connectivity index is 1.79. The lowest BCUT2D eigenvalue weighted by atomic mass is 9.95. The van der Waals surface area contributed by atoms with Crippen LogP contribution in [0.5, 0.6) is 0 Å². The van der Waals surface area contributed by atoms with Gasteiger partial charge >= 0.3 is 0 Å². The van der Waals surface area contributed by atoms with Crippen molar-refractivity contribution in [3.05, 3.63) is 35.9 Å². The number of likely N-dealkylation sites (tertiary alicyclic amines) is 1. The van der Waals surface area contributed by atoms with Crippen molar-refractivity contribution < 1.29 is 13.2 Å². The number of amides is 1. The quantitative estimate of drug-likeness (QED) is 0.715. The summed E-state index contributed by atoms with van der Waals surface area (Å²) >= 11 is 0. The average Bonchev–Trinajstić information content (AvgIpc) is 3.14. The van der Waals surface area contributed by atoms with Crippen LogP contribution >= 0.6 is 0 Å². The first kappa shape index (κ1) is 21.3. The highest BCUT2D eigenvalue weighted by atomic mass is 32.2. The van der Waals surface area contributed by atoms with Gasteiger partial charge in [0.25, 0.3) is 0 Å². The van der Waals surface area contributed by atoms with Crippen molar-refractivity contribution >= 4 is 15.9 Å². The molecule has 0 aromatic heterocycles. The molecule has 3 rings (SSSR count). The first-order chi connectivity index (χ1) is 13.2. The third-order valence-corrected chi connectivity index (χ3v) is 7.47. The van der Waals surface area contributed by atoms with Gasteiger partial charge in [-0.3, -0.25) is 9.69 Å². The Morgan fingerprint density at radius 1 is 1.21 bits per heavy atom. The number of nitrogens with two attached hydrogens (primary N) is 1. The van der Waals surface area contributed by atoms with E-state index < -0.39 is 22.0 Å². The molecule has 2 aliphatic rings. The van der Waals surface area contributed by atoms with Crippen molar-refractivity contribution in [1.82, 2.24) is 9.21 Å². The predicted octanol–water partition coefficient (Wildman–Crippen LogP) is 2.06. The number of rotatable bonds is 8. The number of carbonyl (C=O) groups excluding carboxylic acids is 1. The molecule has 1 heterocycles. The smallest absolute Gasteiger partial charge is 0.235 e. The van der Waals surface area contributed by atoms with Crippen LogP contribution < -0.4 is 5.73 Å². The standard InChI is InChI=1S/C21H33N3O3S/c1-15(2)11-20(21(22)25)24(28(3,26)27)19-10-9-17-13-23(14-18(17)19)12-16-7-5-4-6-8-16/h4-8,15,17-20H,9-14H2,1-3H3,(H2,22,25)/t17-,18+,19+,20-/m0/s1. The summed E-state index contributed by atoms with van der Waals surface area (Å²) in [6, 6.07) is 9.45. The summed E-state index contributed by atoms with van der Waals surface area (Å²) in [5.74, 6) is 0.386. The highest BCUT2D eigenvalue weighted by Crippen LogP contribution is 2.43. The number of hydrogen-bond acceptors (Lipinski definition) is 4. The minimum absolute atomic E-state index is 0.142. The number of sulfonamides is 1. The predicted molar refractivity (Wildman–Crippen MR) is 111 cm³/mol. The Bertz CT molecular complexity index is 781. The van der Waals surface area contributed by atoms with Gasteiger partial charge in [0.15, 0.2) is 0 Å². The molecular weight excluding hydrogens is 374 g/mol. The van der Waals surface area contributed by atoms with E-state index in [2.05, 4.69) is 17.0 Å². The van der Waals surface area contributed by atoms with Crippen LogP contribution in [-0.4, -0.2) is 55.0 Å². The first-order valence-corrected chi connectivity index (χ1v) is 12.1. The maximum absolute atomic E-state index is 12.7. The largest absolute Gasteiger partial charge is 0.368 e. The van der Waals surface area contributed by atoms with Crippen LogP contribution in [0.3, 0.4) is 0 Å². The molecule has 1 saturated heterocycles. The Labute approximate surface area is 169 Å². The Hall–Kier alpha value is -1.44. The van der Waals surface area contributed by atoms with Crippen LogP contribution in [-0.2, 0) is 21.4 Å². The maximum Gasteiger partial charge on any atom is 0.235 e. The maximum atomic E-state index is 12.7. The van der Waals surface area contributed by atoms with Crippen LogP contribution in [0.2, 0.25) is 0 Å². The lowest BCUT2D eigenvalue weighted by molar-refractivity contribution is -0.122. The summed E-state index contributed by atoms with van der Waals surface area (Å²) in [4.78, 5) is 14.6. The third kappa shape index (κ3) is 4.75. The molecule has 1 aromatic carbocycles. The summed E-state index contributed by atoms with van der Waals surface area (Å²) in [6.07, 6.45) is 3.49. The molecule has 6 nitrogen and oxygen atoms in total. The lowest BCUT2D eigenvalue weighted by Gasteiger charge is -2.36. The van der Waals surface area contributed by atoms with Crippen molar-refractivity contribution in [2.24, 2.45) is 23.5 Å². The summed E-state index contributed by atoms with van der Waals surface area (Å²) < 4.78 is 26.9. The molecule has 2 fully saturated rings. The van der Waals surface area contributed by atoms with Gasteiger partial charge in [-0.25, -0.2) is 8.42 Å². The van der Waals surface area contributed by atoms with Gasteiger partial charge in [0.05, 0.1) is 6.26 Å². The molecule has 2 N–H and O–H groups in total. The highest BCUT2D eigenvalue weighted by Gasteiger charge is 2.49. The normalized spacial score (nSPS) is 26.7. The zero-order valence-corrected chi connectivity index (χ0v) is 17.9. The van der Waals surface area contributed by atoms with Crippen molar-refractivity contribution in [1.29, 1.82) is 0 Å². The zero-order chi connectivity index (χ0) is 20.5. The fourth-order valence-corrected chi connectivity index (χ4v) is 6.52. The molecule has 1 amide bonds. The molecule has 0 spiro atoms. The second kappa shape index (κ2) is 8.51. The van der Waals surface area contributed by atoms with Crippen LogP contribution in [0, 0.1) is 17.8 Å². The highest BCUT2D eigenvalue weighted by molar-refractivity contribution is 7.88. The van der Waals surface area contributed by atoms with E-state index in [1.165, 1.54) is 16.1 Å². The molecule has 1 aliphatic carbocycles. The molecular formula is C21H33N3O3S. The average molecular weight is 408 g/mol. The number of benzene rings is 1. The number of nitrogens with zero attached hydrogens (tertiary/aromatic N) is 2. The molecule has 1 aliphatic heterocycles. The number of carbonyl (C=O) groups is 1. The van der Waals surface area contributed by atoms with Gasteiger partial charge in [0.2, 0.25) is 15.9 Å². The number of primary amides is 1. The Morgan fingerprint density at radius 3 is 2.46 bits per heavy atom. The summed E-state index contributed by atoms with van der Waals surface area (Å²) in [6.45, 7) is 6.71. The zero-order valence-electron chi connectivity index (χ0n) is 17.1. The van der Waals surface area contributed by atoms with Gasteiger partial charge < -0.3 is 5.73 Å². The van der Waals surface area contributed by atoms with Crippen LogP contribution in [0.4, 0.5) is 0 Å². The van der Waals surface area contributed by atoms with Gasteiger partial charge in [0.1, 0.15) is 6.04 Å². The lowest BCUT2D eigenvalue weighted by Crippen LogP contribution is -2.54. The SMILES string of the molecule is CC(C)C[C@@H](C(N)=O)N([C@@H]1CC[C@H]2CN(Cc3ccccc3)C[C@H]21)S(C)(=O)=O. The molecule has 1 saturated carbocycles. The summed E-state index contributed by atoms with van der Waals surface area (Å²) in [5, 5.41) is 0. The van der Waals surface area contributed by atoms with Gasteiger partial charge in [0, 0.05) is 25.7 Å². The van der Waals surface area contributed by atoms with Crippen molar-refractivity contribution in [2.75, 3.05) is 19.3 Å². The van der Waals surface area contributed by atoms with E-state index in [4.69, 9.17) is 5.73 Å². The Morgan fingerprint density at radius 2 is 1.89 bits per heavy atom.